The predicted octanol–water partition coefficient (Wildman–Crippen LogP) is 1.79. The zero-order valence-electron chi connectivity index (χ0n) is 10.2. The molecule has 1 aromatic rings. The lowest BCUT2D eigenvalue weighted by molar-refractivity contribution is 0.0696. The molecule has 1 aromatic carbocycles. The molecule has 18 heavy (non-hydrogen) atoms. The van der Waals surface area contributed by atoms with Gasteiger partial charge in [-0.1, -0.05) is 0 Å². The van der Waals surface area contributed by atoms with E-state index in [1.807, 2.05) is 6.92 Å². The van der Waals surface area contributed by atoms with Gasteiger partial charge in [0.1, 0.15) is 5.82 Å². The van der Waals surface area contributed by atoms with Crippen LogP contribution in [0.5, 0.6) is 0 Å². The summed E-state index contributed by atoms with van der Waals surface area (Å²) in [6.45, 7) is 3.60. The largest absolute Gasteiger partial charge is 0.478 e. The number of ether oxygens (including phenoxy) is 1. The zero-order chi connectivity index (χ0) is 13.2. The van der Waals surface area contributed by atoms with Gasteiger partial charge in [0.25, 0.3) is 0 Å². The van der Waals surface area contributed by atoms with Crippen LogP contribution in [-0.2, 0) is 11.3 Å². The molecule has 4 nitrogen and oxygen atoms in total. The van der Waals surface area contributed by atoms with E-state index in [-0.39, 0.29) is 11.1 Å². The Labute approximate surface area is 105 Å². The molecule has 0 aliphatic carbocycles. The molecule has 0 aromatic heterocycles. The third kappa shape index (κ3) is 2.86. The number of hydrogen-bond acceptors (Lipinski definition) is 3. The molecule has 0 bridgehead atoms. The molecule has 1 fully saturated rings. The minimum absolute atomic E-state index is 0.0982. The van der Waals surface area contributed by atoms with Crippen LogP contribution in [0.2, 0.25) is 0 Å². The molecular weight excluding hydrogens is 237 g/mol. The SMILES string of the molecule is CC1(NCc2cc(C(=O)O)ccc2F)CCOC1. The second-order valence-corrected chi connectivity index (χ2v) is 4.83. The van der Waals surface area contributed by atoms with Gasteiger partial charge in [0.15, 0.2) is 0 Å². The van der Waals surface area contributed by atoms with Gasteiger partial charge in [-0.2, -0.15) is 0 Å². The minimum Gasteiger partial charge on any atom is -0.478 e. The smallest absolute Gasteiger partial charge is 0.335 e. The first-order valence-electron chi connectivity index (χ1n) is 5.85. The molecule has 0 spiro atoms. The molecule has 0 radical (unpaired) electrons. The number of rotatable bonds is 4. The van der Waals surface area contributed by atoms with Gasteiger partial charge in [0.2, 0.25) is 0 Å². The van der Waals surface area contributed by atoms with Gasteiger partial charge in [-0.05, 0) is 31.5 Å². The summed E-state index contributed by atoms with van der Waals surface area (Å²) in [5.41, 5.74) is 0.301. The van der Waals surface area contributed by atoms with Crippen LogP contribution in [0.15, 0.2) is 18.2 Å². The number of carboxylic acids is 1. The highest BCUT2D eigenvalue weighted by Crippen LogP contribution is 2.19. The summed E-state index contributed by atoms with van der Waals surface area (Å²) in [5, 5.41) is 12.1. The fourth-order valence-corrected chi connectivity index (χ4v) is 1.96. The van der Waals surface area contributed by atoms with Crippen molar-refractivity contribution in [2.75, 3.05) is 13.2 Å². The lowest BCUT2D eigenvalue weighted by Crippen LogP contribution is -2.42. The van der Waals surface area contributed by atoms with E-state index in [1.165, 1.54) is 18.2 Å². The third-order valence-electron chi connectivity index (χ3n) is 3.22. The second-order valence-electron chi connectivity index (χ2n) is 4.83. The number of aromatic carboxylic acids is 1. The topological polar surface area (TPSA) is 58.6 Å². The number of benzene rings is 1. The quantitative estimate of drug-likeness (QED) is 0.859. The first-order chi connectivity index (χ1) is 8.50. The van der Waals surface area contributed by atoms with E-state index < -0.39 is 11.8 Å². The number of halogens is 1. The van der Waals surface area contributed by atoms with Crippen LogP contribution >= 0.6 is 0 Å². The van der Waals surface area contributed by atoms with Crippen LogP contribution in [0, 0.1) is 5.82 Å². The highest BCUT2D eigenvalue weighted by atomic mass is 19.1. The maximum Gasteiger partial charge on any atom is 0.335 e. The molecule has 1 heterocycles. The maximum absolute atomic E-state index is 13.6. The Bertz CT molecular complexity index is 456. The van der Waals surface area contributed by atoms with Crippen molar-refractivity contribution in [2.24, 2.45) is 0 Å². The van der Waals surface area contributed by atoms with E-state index in [4.69, 9.17) is 9.84 Å². The molecule has 1 atom stereocenters. The van der Waals surface area contributed by atoms with Crippen molar-refractivity contribution in [3.8, 4) is 0 Å². The number of hydrogen-bond donors (Lipinski definition) is 2. The van der Waals surface area contributed by atoms with Gasteiger partial charge in [0.05, 0.1) is 12.2 Å². The van der Waals surface area contributed by atoms with Crippen LogP contribution in [0.25, 0.3) is 0 Å². The average molecular weight is 253 g/mol. The Hall–Kier alpha value is -1.46. The van der Waals surface area contributed by atoms with E-state index in [0.717, 1.165) is 6.42 Å². The molecule has 1 saturated heterocycles. The van der Waals surface area contributed by atoms with E-state index in [0.29, 0.717) is 25.3 Å². The molecule has 1 aliphatic rings. The van der Waals surface area contributed by atoms with Crippen molar-refractivity contribution in [1.82, 2.24) is 5.32 Å². The summed E-state index contributed by atoms with van der Waals surface area (Å²) in [7, 11) is 0. The molecule has 1 aliphatic heterocycles. The normalized spacial score (nSPS) is 23.2. The van der Waals surface area contributed by atoms with Gasteiger partial charge >= 0.3 is 5.97 Å². The Morgan fingerprint density at radius 2 is 2.39 bits per heavy atom. The van der Waals surface area contributed by atoms with Crippen molar-refractivity contribution in [3.05, 3.63) is 35.1 Å². The van der Waals surface area contributed by atoms with Gasteiger partial charge in [0, 0.05) is 24.3 Å². The molecule has 5 heteroatoms. The Morgan fingerprint density at radius 1 is 1.61 bits per heavy atom. The van der Waals surface area contributed by atoms with E-state index >= 15 is 0 Å². The molecule has 98 valence electrons. The van der Waals surface area contributed by atoms with Gasteiger partial charge in [-0.25, -0.2) is 9.18 Å². The first kappa shape index (κ1) is 13.0. The molecule has 0 saturated carbocycles. The monoisotopic (exact) mass is 253 g/mol. The summed E-state index contributed by atoms with van der Waals surface area (Å²) in [6.07, 6.45) is 0.868. The van der Waals surface area contributed by atoms with Crippen molar-refractivity contribution in [3.63, 3.8) is 0 Å². The third-order valence-corrected chi connectivity index (χ3v) is 3.22. The molecule has 2 rings (SSSR count). The van der Waals surface area contributed by atoms with Crippen molar-refractivity contribution in [1.29, 1.82) is 0 Å². The van der Waals surface area contributed by atoms with Crippen LogP contribution in [-0.4, -0.2) is 29.8 Å². The highest BCUT2D eigenvalue weighted by molar-refractivity contribution is 5.87. The van der Waals surface area contributed by atoms with Crippen LogP contribution in [0.1, 0.15) is 29.3 Å². The van der Waals surface area contributed by atoms with Crippen molar-refractivity contribution < 1.29 is 19.0 Å². The summed E-state index contributed by atoms with van der Waals surface area (Å²) in [6, 6.07) is 3.82. The minimum atomic E-state index is -1.05. The van der Waals surface area contributed by atoms with Crippen LogP contribution in [0.3, 0.4) is 0 Å². The lowest BCUT2D eigenvalue weighted by atomic mass is 10.0. The Balaban J connectivity index is 2.08. The fraction of sp³-hybridized carbons (Fsp3) is 0.462. The predicted molar refractivity (Wildman–Crippen MR) is 64.0 cm³/mol. The van der Waals surface area contributed by atoms with Gasteiger partial charge in [-0.3, -0.25) is 0 Å². The summed E-state index contributed by atoms with van der Waals surface area (Å²) >= 11 is 0. The lowest BCUT2D eigenvalue weighted by Gasteiger charge is -2.23. The maximum atomic E-state index is 13.6. The first-order valence-corrected chi connectivity index (χ1v) is 5.85. The van der Waals surface area contributed by atoms with Gasteiger partial charge in [-0.15, -0.1) is 0 Å². The van der Waals surface area contributed by atoms with E-state index in [1.54, 1.807) is 0 Å². The number of nitrogens with one attached hydrogen (secondary N) is 1. The number of carboxylic acid groups (broad SMARTS) is 1. The fourth-order valence-electron chi connectivity index (χ4n) is 1.96. The van der Waals surface area contributed by atoms with E-state index in [9.17, 15) is 9.18 Å². The van der Waals surface area contributed by atoms with Crippen molar-refractivity contribution >= 4 is 5.97 Å². The summed E-state index contributed by atoms with van der Waals surface area (Å²) < 4.78 is 18.9. The van der Waals surface area contributed by atoms with E-state index in [2.05, 4.69) is 5.32 Å². The van der Waals surface area contributed by atoms with Crippen LogP contribution in [0.4, 0.5) is 4.39 Å². The Morgan fingerprint density at radius 3 is 3.00 bits per heavy atom. The highest BCUT2D eigenvalue weighted by Gasteiger charge is 2.29. The zero-order valence-corrected chi connectivity index (χ0v) is 10.2. The van der Waals surface area contributed by atoms with Crippen molar-refractivity contribution in [2.45, 2.75) is 25.4 Å². The molecular formula is C13H16FNO3. The molecule has 0 amide bonds. The number of carbonyl (C=O) groups is 1. The van der Waals surface area contributed by atoms with Crippen LogP contribution < -0.4 is 5.32 Å². The summed E-state index contributed by atoms with van der Waals surface area (Å²) in [5.74, 6) is -1.44. The molecule has 2 N–H and O–H groups in total. The second kappa shape index (κ2) is 5.04. The summed E-state index contributed by atoms with van der Waals surface area (Å²) in [4.78, 5) is 10.8. The Kier molecular flexibility index (Phi) is 3.63. The molecule has 1 unspecified atom stereocenters. The van der Waals surface area contributed by atoms with Gasteiger partial charge < -0.3 is 15.2 Å². The average Bonchev–Trinajstić information content (AvgIpc) is 2.75. The standard InChI is InChI=1S/C13H16FNO3/c1-13(4-5-18-8-13)15-7-10-6-9(12(16)17)2-3-11(10)14/h2-3,6,15H,4-5,7-8H2,1H3,(H,16,17).